The van der Waals surface area contributed by atoms with E-state index in [1.165, 1.54) is 38.5 Å². The normalized spacial score (nSPS) is 26.8. The highest BCUT2D eigenvalue weighted by molar-refractivity contribution is 5.69. The van der Waals surface area contributed by atoms with Gasteiger partial charge in [0.15, 0.2) is 12.6 Å². The van der Waals surface area contributed by atoms with Gasteiger partial charge in [-0.2, -0.15) is 0 Å². The van der Waals surface area contributed by atoms with E-state index in [0.717, 1.165) is 96.3 Å². The lowest BCUT2D eigenvalue weighted by Gasteiger charge is -2.42. The molecule has 0 aromatic carbocycles. The maximum absolute atomic E-state index is 12.9. The monoisotopic (exact) mass is 939 g/mol. The molecule has 2 fully saturated rings. The van der Waals surface area contributed by atoms with Crippen LogP contribution in [0.4, 0.5) is 0 Å². The highest BCUT2D eigenvalue weighted by Gasteiger charge is 2.47. The summed E-state index contributed by atoms with van der Waals surface area (Å²) in [4.78, 5) is 12.9. The molecule has 2 aliphatic rings. The Balaban J connectivity index is 1.73. The molecule has 0 aromatic heterocycles. The number of ether oxygens (including phenoxy) is 6. The lowest BCUT2D eigenvalue weighted by atomic mass is 9.98. The molecular formula is C52H90O14. The fourth-order valence-electron chi connectivity index (χ4n) is 7.63. The maximum atomic E-state index is 12.9. The van der Waals surface area contributed by atoms with Crippen LogP contribution in [0.5, 0.6) is 0 Å². The molecule has 382 valence electrons. The van der Waals surface area contributed by atoms with Gasteiger partial charge in [-0.25, -0.2) is 0 Å². The van der Waals surface area contributed by atoms with Crippen LogP contribution in [0.2, 0.25) is 0 Å². The largest absolute Gasteiger partial charge is 0.457 e. The molecule has 0 radical (unpaired) electrons. The van der Waals surface area contributed by atoms with Crippen molar-refractivity contribution in [2.75, 3.05) is 33.0 Å². The lowest BCUT2D eigenvalue weighted by Crippen LogP contribution is -2.61. The molecule has 66 heavy (non-hydrogen) atoms. The quantitative estimate of drug-likeness (QED) is 0.0183. The summed E-state index contributed by atoms with van der Waals surface area (Å²) in [5, 5.41) is 72.0. The van der Waals surface area contributed by atoms with Crippen molar-refractivity contribution in [3.63, 3.8) is 0 Å². The first-order chi connectivity index (χ1) is 32.1. The molecule has 11 unspecified atom stereocenters. The van der Waals surface area contributed by atoms with Crippen LogP contribution in [-0.4, -0.2) is 142 Å². The van der Waals surface area contributed by atoms with Crippen molar-refractivity contribution in [3.8, 4) is 0 Å². The first-order valence-corrected chi connectivity index (χ1v) is 25.4. The van der Waals surface area contributed by atoms with Gasteiger partial charge in [0.2, 0.25) is 0 Å². The molecule has 7 N–H and O–H groups in total. The zero-order valence-corrected chi connectivity index (χ0v) is 40.4. The summed E-state index contributed by atoms with van der Waals surface area (Å²) in [6.07, 6.45) is 30.1. The summed E-state index contributed by atoms with van der Waals surface area (Å²) in [7, 11) is 0. The molecule has 0 spiro atoms. The molecular weight excluding hydrogens is 849 g/mol. The van der Waals surface area contributed by atoms with Gasteiger partial charge in [-0.05, 0) is 70.6 Å². The number of aliphatic hydroxyl groups excluding tert-OH is 7. The summed E-state index contributed by atoms with van der Waals surface area (Å²) in [6, 6.07) is 0. The van der Waals surface area contributed by atoms with Crippen molar-refractivity contribution in [1.82, 2.24) is 0 Å². The van der Waals surface area contributed by atoms with Crippen LogP contribution in [0.3, 0.4) is 0 Å². The number of hydrogen-bond donors (Lipinski definition) is 7. The Labute approximate surface area is 396 Å². The number of esters is 1. The molecule has 14 heteroatoms. The van der Waals surface area contributed by atoms with Gasteiger partial charge < -0.3 is 64.2 Å². The van der Waals surface area contributed by atoms with Gasteiger partial charge in [-0.15, -0.1) is 0 Å². The van der Waals surface area contributed by atoms with Crippen LogP contribution in [0, 0.1) is 0 Å². The standard InChI is InChI=1S/C52H90O14/c1-3-5-7-9-11-13-15-16-17-18-19-20-21-22-23-24-25-26-28-30-32-34-36-61-38-41(64-44(54)35-33-31-29-27-14-12-10-8-6-4-2)39-62-51-50(60)48(58)46(56)43(66-51)40-63-52-49(59)47(57)45(55)42(37-53)65-52/h5,7-8,10-11,13,16-17,19-20,41-43,45-53,55-60H,3-4,6,9,12,14-15,18,21-40H2,1-2H3/b7-5-,10-8-,13-11-,17-16-,20-19-. The topological polar surface area (TPSA) is 214 Å². The fraction of sp³-hybridized carbons (Fsp3) is 0.788. The highest BCUT2D eigenvalue weighted by atomic mass is 16.7. The second kappa shape index (κ2) is 39.5. The number of aliphatic hydroxyl groups is 7. The molecule has 0 aromatic rings. The van der Waals surface area contributed by atoms with E-state index in [1.54, 1.807) is 0 Å². The Morgan fingerprint density at radius 1 is 0.515 bits per heavy atom. The predicted octanol–water partition coefficient (Wildman–Crippen LogP) is 7.35. The molecule has 2 rings (SSSR count). The van der Waals surface area contributed by atoms with Gasteiger partial charge >= 0.3 is 5.97 Å². The zero-order valence-electron chi connectivity index (χ0n) is 40.4. The smallest absolute Gasteiger partial charge is 0.306 e. The second-order valence-electron chi connectivity index (χ2n) is 17.6. The minimum Gasteiger partial charge on any atom is -0.457 e. The number of unbranched alkanes of at least 4 members (excludes halogenated alkanes) is 15. The van der Waals surface area contributed by atoms with E-state index in [1.807, 2.05) is 0 Å². The first-order valence-electron chi connectivity index (χ1n) is 25.4. The summed E-state index contributed by atoms with van der Waals surface area (Å²) < 4.78 is 34.2. The van der Waals surface area contributed by atoms with E-state index in [0.29, 0.717) is 13.0 Å². The molecule has 0 saturated carbocycles. The summed E-state index contributed by atoms with van der Waals surface area (Å²) in [5.74, 6) is -0.393. The Morgan fingerprint density at radius 2 is 0.985 bits per heavy atom. The molecule has 11 atom stereocenters. The number of carbonyl (C=O) groups is 1. The highest BCUT2D eigenvalue weighted by Crippen LogP contribution is 2.26. The van der Waals surface area contributed by atoms with Crippen molar-refractivity contribution in [2.24, 2.45) is 0 Å². The number of rotatable bonds is 39. The van der Waals surface area contributed by atoms with Crippen LogP contribution in [-0.2, 0) is 33.2 Å². The van der Waals surface area contributed by atoms with Crippen LogP contribution in [0.25, 0.3) is 0 Å². The Hall–Kier alpha value is -2.31. The van der Waals surface area contributed by atoms with E-state index < -0.39 is 86.7 Å². The second-order valence-corrected chi connectivity index (χ2v) is 17.6. The third-order valence-electron chi connectivity index (χ3n) is 11.7. The minimum absolute atomic E-state index is 0.0514. The van der Waals surface area contributed by atoms with Gasteiger partial charge in [0.05, 0.1) is 26.4 Å². The van der Waals surface area contributed by atoms with Crippen LogP contribution in [0.1, 0.15) is 162 Å². The number of carbonyl (C=O) groups excluding carboxylic acids is 1. The SMILES string of the molecule is CC/C=C\C/C=C\C/C=C\C/C=C\CCCCCCCCCCCOCC(COC1OC(COC2OC(CO)C(O)C(O)C2O)C(O)C(O)C1O)OC(=O)CCCCCCC/C=C\CCC. The average Bonchev–Trinajstić information content (AvgIpc) is 3.31. The summed E-state index contributed by atoms with van der Waals surface area (Å²) in [5.41, 5.74) is 0. The molecule has 2 aliphatic heterocycles. The molecule has 0 bridgehead atoms. The van der Waals surface area contributed by atoms with Crippen molar-refractivity contribution >= 4 is 5.97 Å². The average molecular weight is 939 g/mol. The number of hydrogen-bond acceptors (Lipinski definition) is 14. The van der Waals surface area contributed by atoms with Gasteiger partial charge in [0.25, 0.3) is 0 Å². The molecule has 2 saturated heterocycles. The minimum atomic E-state index is -1.71. The van der Waals surface area contributed by atoms with Gasteiger partial charge in [-0.1, -0.05) is 145 Å². The third-order valence-corrected chi connectivity index (χ3v) is 11.7. The molecule has 0 amide bonds. The van der Waals surface area contributed by atoms with Crippen molar-refractivity contribution < 1.29 is 69.0 Å². The van der Waals surface area contributed by atoms with Crippen molar-refractivity contribution in [3.05, 3.63) is 60.8 Å². The fourth-order valence-corrected chi connectivity index (χ4v) is 7.63. The summed E-state index contributed by atoms with van der Waals surface area (Å²) in [6.45, 7) is 3.47. The van der Waals surface area contributed by atoms with Crippen LogP contribution >= 0.6 is 0 Å². The molecule has 2 heterocycles. The zero-order chi connectivity index (χ0) is 48.0. The Bertz CT molecular complexity index is 1320. The van der Waals surface area contributed by atoms with Gasteiger partial charge in [0.1, 0.15) is 54.9 Å². The van der Waals surface area contributed by atoms with Gasteiger partial charge in [-0.3, -0.25) is 4.79 Å². The lowest BCUT2D eigenvalue weighted by molar-refractivity contribution is -0.332. The molecule has 14 nitrogen and oxygen atoms in total. The molecule has 0 aliphatic carbocycles. The van der Waals surface area contributed by atoms with E-state index in [4.69, 9.17) is 28.4 Å². The summed E-state index contributed by atoms with van der Waals surface area (Å²) >= 11 is 0. The van der Waals surface area contributed by atoms with E-state index in [2.05, 4.69) is 74.6 Å². The van der Waals surface area contributed by atoms with E-state index in [9.17, 15) is 40.5 Å². The third kappa shape index (κ3) is 27.0. The van der Waals surface area contributed by atoms with E-state index >= 15 is 0 Å². The van der Waals surface area contributed by atoms with E-state index in [-0.39, 0.29) is 19.6 Å². The predicted molar refractivity (Wildman–Crippen MR) is 256 cm³/mol. The van der Waals surface area contributed by atoms with Crippen molar-refractivity contribution in [2.45, 2.75) is 229 Å². The van der Waals surface area contributed by atoms with Crippen LogP contribution < -0.4 is 0 Å². The maximum Gasteiger partial charge on any atom is 0.306 e. The van der Waals surface area contributed by atoms with Crippen LogP contribution in [0.15, 0.2) is 60.8 Å². The van der Waals surface area contributed by atoms with Crippen molar-refractivity contribution in [1.29, 1.82) is 0 Å². The van der Waals surface area contributed by atoms with Gasteiger partial charge in [0, 0.05) is 13.0 Å². The Morgan fingerprint density at radius 3 is 1.56 bits per heavy atom. The number of allylic oxidation sites excluding steroid dienone is 10. The first kappa shape index (κ1) is 59.8. The Kier molecular flexibility index (Phi) is 35.8.